The third-order valence-electron chi connectivity index (χ3n) is 2.36. The van der Waals surface area contributed by atoms with E-state index in [9.17, 15) is 4.39 Å². The molecule has 0 unspecified atom stereocenters. The van der Waals surface area contributed by atoms with Crippen molar-refractivity contribution in [1.82, 2.24) is 0 Å². The maximum absolute atomic E-state index is 13.0. The molecule has 0 atom stereocenters. The Bertz CT molecular complexity index is 635. The number of halogens is 2. The van der Waals surface area contributed by atoms with E-state index in [1.54, 1.807) is 18.2 Å². The number of nitrogens with one attached hydrogen (secondary N) is 1. The van der Waals surface area contributed by atoms with E-state index in [1.807, 2.05) is 6.07 Å². The van der Waals surface area contributed by atoms with Gasteiger partial charge >= 0.3 is 0 Å². The molecule has 3 nitrogen and oxygen atoms in total. The highest BCUT2D eigenvalue weighted by Crippen LogP contribution is 2.29. The van der Waals surface area contributed by atoms with Crippen LogP contribution in [0, 0.1) is 17.1 Å². The molecule has 0 aliphatic heterocycles. The molecule has 0 aliphatic carbocycles. The van der Waals surface area contributed by atoms with E-state index in [0.717, 1.165) is 10.2 Å². The first-order chi connectivity index (χ1) is 8.60. The van der Waals surface area contributed by atoms with Crippen molar-refractivity contribution in [2.24, 2.45) is 0 Å². The second kappa shape index (κ2) is 5.07. The molecule has 0 heterocycles. The Kier molecular flexibility index (Phi) is 3.49. The predicted molar refractivity (Wildman–Crippen MR) is 73.0 cm³/mol. The maximum Gasteiger partial charge on any atom is 0.124 e. The highest BCUT2D eigenvalue weighted by molar-refractivity contribution is 9.10. The lowest BCUT2D eigenvalue weighted by Crippen LogP contribution is -1.96. The topological polar surface area (TPSA) is 61.8 Å². The monoisotopic (exact) mass is 305 g/mol. The molecule has 0 amide bonds. The fourth-order valence-corrected chi connectivity index (χ4v) is 1.99. The lowest BCUT2D eigenvalue weighted by molar-refractivity contribution is 0.627. The Morgan fingerprint density at radius 3 is 2.56 bits per heavy atom. The molecule has 0 radical (unpaired) electrons. The number of nitriles is 1. The number of rotatable bonds is 2. The van der Waals surface area contributed by atoms with E-state index in [0.29, 0.717) is 11.4 Å². The van der Waals surface area contributed by atoms with Crippen molar-refractivity contribution in [2.45, 2.75) is 0 Å². The summed E-state index contributed by atoms with van der Waals surface area (Å²) in [6, 6.07) is 11.2. The number of benzene rings is 2. The quantitative estimate of drug-likeness (QED) is 0.830. The standard InChI is InChI=1S/C13H9BrFN3/c14-11-6-10(17)2-4-13(11)18-12-3-1-9(15)5-8(12)7-16/h1-6,18H,17H2. The van der Waals surface area contributed by atoms with Gasteiger partial charge in [-0.3, -0.25) is 0 Å². The van der Waals surface area contributed by atoms with Crippen LogP contribution in [0.25, 0.3) is 0 Å². The van der Waals surface area contributed by atoms with Crippen molar-refractivity contribution < 1.29 is 4.39 Å². The van der Waals surface area contributed by atoms with Gasteiger partial charge < -0.3 is 11.1 Å². The maximum atomic E-state index is 13.0. The third-order valence-corrected chi connectivity index (χ3v) is 3.02. The van der Waals surface area contributed by atoms with E-state index in [-0.39, 0.29) is 5.56 Å². The molecule has 2 rings (SSSR count). The second-order valence-corrected chi connectivity index (χ2v) is 4.52. The smallest absolute Gasteiger partial charge is 0.124 e. The van der Waals surface area contributed by atoms with Crippen LogP contribution in [0.1, 0.15) is 5.56 Å². The summed E-state index contributed by atoms with van der Waals surface area (Å²) in [7, 11) is 0. The molecular weight excluding hydrogens is 297 g/mol. The van der Waals surface area contributed by atoms with E-state index in [2.05, 4.69) is 21.2 Å². The Balaban J connectivity index is 2.37. The molecule has 0 aromatic heterocycles. The average molecular weight is 306 g/mol. The lowest BCUT2D eigenvalue weighted by Gasteiger charge is -2.10. The Labute approximate surface area is 112 Å². The zero-order chi connectivity index (χ0) is 13.1. The number of nitrogen functional groups attached to an aromatic ring is 1. The normalized spacial score (nSPS) is 9.83. The van der Waals surface area contributed by atoms with Gasteiger partial charge in [0.25, 0.3) is 0 Å². The van der Waals surface area contributed by atoms with Crippen LogP contribution in [0.3, 0.4) is 0 Å². The van der Waals surface area contributed by atoms with Crippen LogP contribution in [0.15, 0.2) is 40.9 Å². The number of hydrogen-bond acceptors (Lipinski definition) is 3. The minimum atomic E-state index is -0.437. The van der Waals surface area contributed by atoms with Crippen LogP contribution in [0.5, 0.6) is 0 Å². The Hall–Kier alpha value is -2.06. The van der Waals surface area contributed by atoms with Crippen LogP contribution < -0.4 is 11.1 Å². The van der Waals surface area contributed by atoms with Crippen molar-refractivity contribution in [3.8, 4) is 6.07 Å². The number of hydrogen-bond donors (Lipinski definition) is 2. The molecule has 90 valence electrons. The number of anilines is 3. The number of nitrogens with zero attached hydrogens (tertiary/aromatic N) is 1. The van der Waals surface area contributed by atoms with Crippen LogP contribution in [0.2, 0.25) is 0 Å². The Morgan fingerprint density at radius 1 is 1.17 bits per heavy atom. The van der Waals surface area contributed by atoms with Gasteiger partial charge in [0.1, 0.15) is 11.9 Å². The Morgan fingerprint density at radius 2 is 1.89 bits per heavy atom. The van der Waals surface area contributed by atoms with Crippen molar-refractivity contribution >= 4 is 33.0 Å². The molecule has 2 aromatic rings. The molecule has 0 saturated heterocycles. The summed E-state index contributed by atoms with van der Waals surface area (Å²) in [5, 5.41) is 12.0. The van der Waals surface area contributed by atoms with Crippen LogP contribution in [-0.2, 0) is 0 Å². The summed E-state index contributed by atoms with van der Waals surface area (Å²) < 4.78 is 13.8. The summed E-state index contributed by atoms with van der Waals surface area (Å²) in [5.74, 6) is -0.437. The largest absolute Gasteiger partial charge is 0.399 e. The molecular formula is C13H9BrFN3. The van der Waals surface area contributed by atoms with Crippen molar-refractivity contribution in [2.75, 3.05) is 11.1 Å². The van der Waals surface area contributed by atoms with Gasteiger partial charge in [0.05, 0.1) is 16.9 Å². The minimum Gasteiger partial charge on any atom is -0.399 e. The molecule has 0 saturated carbocycles. The SMILES string of the molecule is N#Cc1cc(F)ccc1Nc1ccc(N)cc1Br. The van der Waals surface area contributed by atoms with Gasteiger partial charge in [-0.05, 0) is 52.3 Å². The lowest BCUT2D eigenvalue weighted by atomic mass is 10.2. The van der Waals surface area contributed by atoms with Crippen LogP contribution >= 0.6 is 15.9 Å². The molecule has 2 aromatic carbocycles. The van der Waals surface area contributed by atoms with Gasteiger partial charge in [-0.2, -0.15) is 5.26 Å². The molecule has 18 heavy (non-hydrogen) atoms. The van der Waals surface area contributed by atoms with Crippen LogP contribution in [0.4, 0.5) is 21.5 Å². The summed E-state index contributed by atoms with van der Waals surface area (Å²) in [5.41, 5.74) is 7.82. The molecule has 0 bridgehead atoms. The summed E-state index contributed by atoms with van der Waals surface area (Å²) in [4.78, 5) is 0. The zero-order valence-electron chi connectivity index (χ0n) is 9.24. The predicted octanol–water partition coefficient (Wildman–Crippen LogP) is 3.79. The fraction of sp³-hybridized carbons (Fsp3) is 0. The van der Waals surface area contributed by atoms with Gasteiger partial charge in [-0.15, -0.1) is 0 Å². The van der Waals surface area contributed by atoms with E-state index in [1.165, 1.54) is 18.2 Å². The highest BCUT2D eigenvalue weighted by Gasteiger charge is 2.06. The van der Waals surface area contributed by atoms with Gasteiger partial charge in [0, 0.05) is 10.2 Å². The van der Waals surface area contributed by atoms with Crippen LogP contribution in [-0.4, -0.2) is 0 Å². The van der Waals surface area contributed by atoms with Crippen molar-refractivity contribution in [3.63, 3.8) is 0 Å². The molecule has 5 heteroatoms. The van der Waals surface area contributed by atoms with Gasteiger partial charge in [0.2, 0.25) is 0 Å². The van der Waals surface area contributed by atoms with E-state index < -0.39 is 5.82 Å². The first-order valence-corrected chi connectivity index (χ1v) is 5.91. The van der Waals surface area contributed by atoms with Gasteiger partial charge in [-0.1, -0.05) is 0 Å². The molecule has 0 aliphatic rings. The highest BCUT2D eigenvalue weighted by atomic mass is 79.9. The molecule has 0 spiro atoms. The number of nitrogens with two attached hydrogens (primary N) is 1. The van der Waals surface area contributed by atoms with Crippen molar-refractivity contribution in [3.05, 3.63) is 52.3 Å². The molecule has 3 N–H and O–H groups in total. The van der Waals surface area contributed by atoms with E-state index in [4.69, 9.17) is 11.0 Å². The van der Waals surface area contributed by atoms with Gasteiger partial charge in [-0.25, -0.2) is 4.39 Å². The second-order valence-electron chi connectivity index (χ2n) is 3.67. The first kappa shape index (κ1) is 12.4. The average Bonchev–Trinajstić information content (AvgIpc) is 2.34. The van der Waals surface area contributed by atoms with Gasteiger partial charge in [0.15, 0.2) is 0 Å². The summed E-state index contributed by atoms with van der Waals surface area (Å²) in [6.45, 7) is 0. The minimum absolute atomic E-state index is 0.249. The first-order valence-electron chi connectivity index (χ1n) is 5.12. The summed E-state index contributed by atoms with van der Waals surface area (Å²) in [6.07, 6.45) is 0. The fourth-order valence-electron chi connectivity index (χ4n) is 1.50. The van der Waals surface area contributed by atoms with E-state index >= 15 is 0 Å². The van der Waals surface area contributed by atoms with Crippen molar-refractivity contribution in [1.29, 1.82) is 5.26 Å². The summed E-state index contributed by atoms with van der Waals surface area (Å²) >= 11 is 3.37. The molecule has 0 fully saturated rings. The third kappa shape index (κ3) is 2.60. The zero-order valence-corrected chi connectivity index (χ0v) is 10.8.